The molecule has 1 saturated heterocycles. The van der Waals surface area contributed by atoms with E-state index in [1.54, 1.807) is 12.3 Å². The van der Waals surface area contributed by atoms with Crippen molar-refractivity contribution in [1.82, 2.24) is 14.9 Å². The number of rotatable bonds is 6. The van der Waals surface area contributed by atoms with Gasteiger partial charge in [-0.1, -0.05) is 24.3 Å². The number of anilines is 2. The number of pyridine rings is 1. The Kier molecular flexibility index (Phi) is 6.04. The second-order valence-corrected chi connectivity index (χ2v) is 10.7. The Morgan fingerprint density at radius 1 is 1.00 bits per heavy atom. The molecule has 0 aliphatic carbocycles. The van der Waals surface area contributed by atoms with Gasteiger partial charge in [0, 0.05) is 30.0 Å². The summed E-state index contributed by atoms with van der Waals surface area (Å²) in [5.41, 5.74) is 5.25. The largest absolute Gasteiger partial charge is 0.351 e. The van der Waals surface area contributed by atoms with Crippen LogP contribution in [0.2, 0.25) is 0 Å². The van der Waals surface area contributed by atoms with Crippen LogP contribution in [0.4, 0.5) is 11.4 Å². The molecule has 1 fully saturated rings. The van der Waals surface area contributed by atoms with E-state index in [1.165, 1.54) is 0 Å². The maximum atomic E-state index is 11.7. The molecule has 2 atom stereocenters. The van der Waals surface area contributed by atoms with E-state index in [9.17, 15) is 8.42 Å². The van der Waals surface area contributed by atoms with Gasteiger partial charge < -0.3 is 14.8 Å². The first-order chi connectivity index (χ1) is 16.8. The van der Waals surface area contributed by atoms with Gasteiger partial charge in [-0.05, 0) is 78.8 Å². The Morgan fingerprint density at radius 2 is 1.77 bits per heavy atom. The van der Waals surface area contributed by atoms with Crippen molar-refractivity contribution in [3.8, 4) is 5.69 Å². The number of nitrogens with one attached hydrogen (secondary N) is 2. The van der Waals surface area contributed by atoms with Gasteiger partial charge in [0.25, 0.3) is 0 Å². The van der Waals surface area contributed by atoms with E-state index in [0.717, 1.165) is 34.5 Å². The fourth-order valence-corrected chi connectivity index (χ4v) is 5.41. The fraction of sp³-hybridized carbons (Fsp3) is 0.154. The molecule has 2 aromatic heterocycles. The first-order valence-electron chi connectivity index (χ1n) is 11.1. The standard InChI is InChI=1S/C26H25N5O2S2/c1-18-16-21(11-12-22(18)29-35(2,32)33)31-25(24(28-26(31)34)23-10-6-7-14-27-23)19-13-15-30(17-19)20-8-4-3-5-9-20/h3-17,24-25,29H,1-2H3,(H,28,34)/t24-,25-/m0/s1. The molecule has 9 heteroatoms. The summed E-state index contributed by atoms with van der Waals surface area (Å²) < 4.78 is 28.1. The van der Waals surface area contributed by atoms with Crippen molar-refractivity contribution in [2.24, 2.45) is 0 Å². The molecular formula is C26H25N5O2S2. The van der Waals surface area contributed by atoms with Crippen LogP contribution in [0.3, 0.4) is 0 Å². The minimum absolute atomic E-state index is 0.157. The van der Waals surface area contributed by atoms with Gasteiger partial charge in [0.1, 0.15) is 0 Å². The average Bonchev–Trinajstić information content (AvgIpc) is 3.45. The van der Waals surface area contributed by atoms with Gasteiger partial charge in [0.2, 0.25) is 10.0 Å². The van der Waals surface area contributed by atoms with Crippen LogP contribution in [0.15, 0.2) is 91.4 Å². The van der Waals surface area contributed by atoms with Crippen molar-refractivity contribution < 1.29 is 8.42 Å². The first-order valence-corrected chi connectivity index (χ1v) is 13.4. The maximum Gasteiger partial charge on any atom is 0.229 e. The third kappa shape index (κ3) is 4.78. The zero-order chi connectivity index (χ0) is 24.6. The number of aryl methyl sites for hydroxylation is 1. The summed E-state index contributed by atoms with van der Waals surface area (Å²) in [6, 6.07) is 23.4. The van der Waals surface area contributed by atoms with E-state index in [4.69, 9.17) is 12.2 Å². The number of nitrogens with zero attached hydrogens (tertiary/aromatic N) is 3. The second-order valence-electron chi connectivity index (χ2n) is 8.56. The van der Waals surface area contributed by atoms with Gasteiger partial charge >= 0.3 is 0 Å². The molecule has 0 spiro atoms. The lowest BCUT2D eigenvalue weighted by atomic mass is 9.98. The molecule has 3 heterocycles. The highest BCUT2D eigenvalue weighted by Gasteiger charge is 2.41. The Morgan fingerprint density at radius 3 is 2.46 bits per heavy atom. The lowest BCUT2D eigenvalue weighted by molar-refractivity contribution is 0.568. The average molecular weight is 504 g/mol. The Hall–Kier alpha value is -3.69. The van der Waals surface area contributed by atoms with Gasteiger partial charge in [-0.2, -0.15) is 0 Å². The van der Waals surface area contributed by atoms with Crippen molar-refractivity contribution in [1.29, 1.82) is 0 Å². The van der Waals surface area contributed by atoms with Crippen molar-refractivity contribution >= 4 is 38.7 Å². The third-order valence-corrected chi connectivity index (χ3v) is 6.90. The lowest BCUT2D eigenvalue weighted by Gasteiger charge is -2.28. The molecule has 0 saturated carbocycles. The van der Waals surface area contributed by atoms with E-state index < -0.39 is 10.0 Å². The number of para-hydroxylation sites is 1. The summed E-state index contributed by atoms with van der Waals surface area (Å²) in [6.07, 6.45) is 7.09. The predicted molar refractivity (Wildman–Crippen MR) is 143 cm³/mol. The molecule has 0 unspecified atom stereocenters. The Balaban J connectivity index is 1.58. The number of hydrogen-bond acceptors (Lipinski definition) is 4. The topological polar surface area (TPSA) is 79.3 Å². The molecule has 178 valence electrons. The molecule has 0 amide bonds. The molecule has 5 rings (SSSR count). The molecule has 35 heavy (non-hydrogen) atoms. The van der Waals surface area contributed by atoms with Crippen molar-refractivity contribution in [3.63, 3.8) is 0 Å². The van der Waals surface area contributed by atoms with Crippen LogP contribution in [-0.4, -0.2) is 29.3 Å². The number of hydrogen-bond donors (Lipinski definition) is 2. The van der Waals surface area contributed by atoms with Crippen molar-refractivity contribution in [2.75, 3.05) is 15.9 Å². The molecule has 0 bridgehead atoms. The van der Waals surface area contributed by atoms with Gasteiger partial charge in [-0.25, -0.2) is 8.42 Å². The van der Waals surface area contributed by atoms with Gasteiger partial charge in [-0.15, -0.1) is 0 Å². The zero-order valence-corrected chi connectivity index (χ0v) is 20.9. The van der Waals surface area contributed by atoms with Gasteiger partial charge in [0.15, 0.2) is 5.11 Å². The quantitative estimate of drug-likeness (QED) is 0.371. The number of benzene rings is 2. The Labute approximate surface area is 210 Å². The highest BCUT2D eigenvalue weighted by Crippen LogP contribution is 2.42. The molecule has 7 nitrogen and oxygen atoms in total. The lowest BCUT2D eigenvalue weighted by Crippen LogP contribution is -2.29. The monoisotopic (exact) mass is 503 g/mol. The summed E-state index contributed by atoms with van der Waals surface area (Å²) in [7, 11) is -3.38. The Bertz CT molecular complexity index is 1470. The van der Waals surface area contributed by atoms with E-state index in [0.29, 0.717) is 10.8 Å². The van der Waals surface area contributed by atoms with Crippen LogP contribution in [0.1, 0.15) is 28.9 Å². The van der Waals surface area contributed by atoms with E-state index in [-0.39, 0.29) is 12.1 Å². The van der Waals surface area contributed by atoms with E-state index in [1.807, 2.05) is 61.7 Å². The van der Waals surface area contributed by atoms with Gasteiger partial charge in [0.05, 0.1) is 29.7 Å². The SMILES string of the molecule is Cc1cc(N2C(=S)N[C@@H](c3ccccn3)[C@@H]2c2ccn(-c3ccccc3)c2)ccc1NS(C)(=O)=O. The van der Waals surface area contributed by atoms with Crippen molar-refractivity contribution in [3.05, 3.63) is 108 Å². The number of aromatic nitrogens is 2. The molecule has 2 N–H and O–H groups in total. The molecule has 2 aromatic carbocycles. The number of sulfonamides is 1. The van der Waals surface area contributed by atoms with Crippen LogP contribution >= 0.6 is 12.2 Å². The van der Waals surface area contributed by atoms with Crippen LogP contribution < -0.4 is 14.9 Å². The first kappa shape index (κ1) is 23.1. The van der Waals surface area contributed by atoms with Crippen LogP contribution in [-0.2, 0) is 10.0 Å². The smallest absolute Gasteiger partial charge is 0.229 e. The summed E-state index contributed by atoms with van der Waals surface area (Å²) in [5, 5.41) is 4.05. The van der Waals surface area contributed by atoms with E-state index in [2.05, 4.69) is 48.9 Å². The van der Waals surface area contributed by atoms with E-state index >= 15 is 0 Å². The number of thiocarbonyl (C=S) groups is 1. The highest BCUT2D eigenvalue weighted by molar-refractivity contribution is 7.92. The summed E-state index contributed by atoms with van der Waals surface area (Å²) in [6.45, 7) is 1.88. The van der Waals surface area contributed by atoms with Crippen molar-refractivity contribution in [2.45, 2.75) is 19.0 Å². The summed E-state index contributed by atoms with van der Waals surface area (Å²) in [4.78, 5) is 6.68. The molecular weight excluding hydrogens is 478 g/mol. The predicted octanol–water partition coefficient (Wildman–Crippen LogP) is 4.73. The second kappa shape index (κ2) is 9.16. The normalized spacial score (nSPS) is 17.9. The fourth-order valence-electron chi connectivity index (χ4n) is 4.43. The molecule has 1 aliphatic heterocycles. The maximum absolute atomic E-state index is 11.7. The third-order valence-electron chi connectivity index (χ3n) is 5.99. The molecule has 1 aliphatic rings. The van der Waals surface area contributed by atoms with Crippen LogP contribution in [0.25, 0.3) is 5.69 Å². The minimum Gasteiger partial charge on any atom is -0.351 e. The highest BCUT2D eigenvalue weighted by atomic mass is 32.2. The minimum atomic E-state index is -3.38. The van der Waals surface area contributed by atoms with Crippen LogP contribution in [0, 0.1) is 6.92 Å². The summed E-state index contributed by atoms with van der Waals surface area (Å²) in [5.74, 6) is 0. The zero-order valence-electron chi connectivity index (χ0n) is 19.3. The summed E-state index contributed by atoms with van der Waals surface area (Å²) >= 11 is 5.81. The molecule has 0 radical (unpaired) electrons. The molecule has 4 aromatic rings. The van der Waals surface area contributed by atoms with Gasteiger partial charge in [-0.3, -0.25) is 9.71 Å². The van der Waals surface area contributed by atoms with Crippen LogP contribution in [0.5, 0.6) is 0 Å².